The van der Waals surface area contributed by atoms with Crippen LogP contribution in [0.15, 0.2) is 35.1 Å². The van der Waals surface area contributed by atoms with Crippen LogP contribution in [0.25, 0.3) is 0 Å². The smallest absolute Gasteiger partial charge is 0.0384 e. The SMILES string of the molecule is C#Cc1cc(C(C)C)ccc1SC=C. The number of terminal acetylenes is 1. The molecule has 0 saturated heterocycles. The lowest BCUT2D eigenvalue weighted by Gasteiger charge is -2.08. The Morgan fingerprint density at radius 1 is 1.50 bits per heavy atom. The van der Waals surface area contributed by atoms with Crippen molar-refractivity contribution < 1.29 is 0 Å². The summed E-state index contributed by atoms with van der Waals surface area (Å²) < 4.78 is 0. The zero-order chi connectivity index (χ0) is 10.6. The van der Waals surface area contributed by atoms with Gasteiger partial charge in [-0.15, -0.1) is 6.42 Å². The third-order valence-electron chi connectivity index (χ3n) is 2.04. The molecule has 72 valence electrons. The van der Waals surface area contributed by atoms with Crippen molar-refractivity contribution in [2.24, 2.45) is 0 Å². The maximum absolute atomic E-state index is 5.45. The highest BCUT2D eigenvalue weighted by molar-refractivity contribution is 8.02. The Bertz CT molecular complexity index is 369. The van der Waals surface area contributed by atoms with Gasteiger partial charge < -0.3 is 0 Å². The average Bonchev–Trinajstić information content (AvgIpc) is 2.18. The Morgan fingerprint density at radius 2 is 2.21 bits per heavy atom. The van der Waals surface area contributed by atoms with Crippen molar-refractivity contribution in [2.75, 3.05) is 0 Å². The van der Waals surface area contributed by atoms with Crippen LogP contribution in [0.1, 0.15) is 30.9 Å². The van der Waals surface area contributed by atoms with E-state index < -0.39 is 0 Å². The molecule has 0 amide bonds. The Hall–Kier alpha value is -1.13. The fourth-order valence-corrected chi connectivity index (χ4v) is 1.78. The summed E-state index contributed by atoms with van der Waals surface area (Å²) in [4.78, 5) is 1.10. The summed E-state index contributed by atoms with van der Waals surface area (Å²) in [6.45, 7) is 8.01. The van der Waals surface area contributed by atoms with Crippen LogP contribution < -0.4 is 0 Å². The summed E-state index contributed by atoms with van der Waals surface area (Å²) in [5, 5.41) is 1.80. The predicted molar refractivity (Wildman–Crippen MR) is 64.5 cm³/mol. The van der Waals surface area contributed by atoms with Crippen LogP contribution in [0.5, 0.6) is 0 Å². The second kappa shape index (κ2) is 4.93. The Labute approximate surface area is 90.4 Å². The van der Waals surface area contributed by atoms with Crippen molar-refractivity contribution in [1.29, 1.82) is 0 Å². The largest absolute Gasteiger partial charge is 0.115 e. The van der Waals surface area contributed by atoms with Crippen LogP contribution in [-0.2, 0) is 0 Å². The van der Waals surface area contributed by atoms with Gasteiger partial charge in [0, 0.05) is 10.5 Å². The van der Waals surface area contributed by atoms with Gasteiger partial charge in [0.05, 0.1) is 0 Å². The molecule has 0 nitrogen and oxygen atoms in total. The van der Waals surface area contributed by atoms with Gasteiger partial charge in [0.2, 0.25) is 0 Å². The molecular weight excluding hydrogens is 188 g/mol. The van der Waals surface area contributed by atoms with Gasteiger partial charge >= 0.3 is 0 Å². The van der Waals surface area contributed by atoms with E-state index in [0.717, 1.165) is 10.5 Å². The highest BCUT2D eigenvalue weighted by atomic mass is 32.2. The molecule has 1 heteroatoms. The van der Waals surface area contributed by atoms with E-state index >= 15 is 0 Å². The molecule has 0 fully saturated rings. The molecule has 0 aromatic heterocycles. The van der Waals surface area contributed by atoms with Crippen molar-refractivity contribution in [3.05, 3.63) is 41.3 Å². The van der Waals surface area contributed by atoms with E-state index in [4.69, 9.17) is 6.42 Å². The highest BCUT2D eigenvalue weighted by Crippen LogP contribution is 2.26. The molecule has 0 N–H and O–H groups in total. The number of benzene rings is 1. The molecule has 0 heterocycles. The van der Waals surface area contributed by atoms with E-state index in [1.54, 1.807) is 17.2 Å². The van der Waals surface area contributed by atoms with E-state index in [2.05, 4.69) is 44.5 Å². The lowest BCUT2D eigenvalue weighted by molar-refractivity contribution is 0.864. The van der Waals surface area contributed by atoms with E-state index in [0.29, 0.717) is 5.92 Å². The lowest BCUT2D eigenvalue weighted by atomic mass is 10.0. The van der Waals surface area contributed by atoms with E-state index in [-0.39, 0.29) is 0 Å². The summed E-state index contributed by atoms with van der Waals surface area (Å²) in [7, 11) is 0. The van der Waals surface area contributed by atoms with Crippen LogP contribution in [0, 0.1) is 12.3 Å². The van der Waals surface area contributed by atoms with Crippen molar-refractivity contribution >= 4 is 11.8 Å². The summed E-state index contributed by atoms with van der Waals surface area (Å²) in [6, 6.07) is 6.27. The molecule has 0 atom stereocenters. The minimum absolute atomic E-state index is 0.518. The predicted octanol–water partition coefficient (Wildman–Crippen LogP) is 4.03. The maximum Gasteiger partial charge on any atom is 0.0384 e. The third-order valence-corrected chi connectivity index (χ3v) is 2.81. The lowest BCUT2D eigenvalue weighted by Crippen LogP contribution is -1.89. The Kier molecular flexibility index (Phi) is 3.85. The Balaban J connectivity index is 3.12. The highest BCUT2D eigenvalue weighted by Gasteiger charge is 2.03. The summed E-state index contributed by atoms with van der Waals surface area (Å²) in [5.74, 6) is 3.23. The first kappa shape index (κ1) is 10.9. The van der Waals surface area contributed by atoms with E-state index in [1.165, 1.54) is 5.56 Å². The number of hydrogen-bond acceptors (Lipinski definition) is 1. The minimum atomic E-state index is 0.518. The molecule has 1 rings (SSSR count). The number of rotatable bonds is 3. The van der Waals surface area contributed by atoms with Gasteiger partial charge in [0.15, 0.2) is 0 Å². The third kappa shape index (κ3) is 2.43. The molecule has 0 bridgehead atoms. The Morgan fingerprint density at radius 3 is 2.71 bits per heavy atom. The van der Waals surface area contributed by atoms with Gasteiger partial charge in [-0.05, 0) is 29.0 Å². The molecule has 0 radical (unpaired) electrons. The van der Waals surface area contributed by atoms with Crippen LogP contribution in [0.3, 0.4) is 0 Å². The normalized spacial score (nSPS) is 9.86. The van der Waals surface area contributed by atoms with Crippen LogP contribution in [0.2, 0.25) is 0 Å². The molecule has 0 aliphatic heterocycles. The van der Waals surface area contributed by atoms with Crippen LogP contribution in [0.4, 0.5) is 0 Å². The first-order chi connectivity index (χ1) is 6.69. The standard InChI is InChI=1S/C13H14S/c1-5-11-9-12(10(3)4)7-8-13(11)14-6-2/h1,6-10H,2H2,3-4H3. The van der Waals surface area contributed by atoms with Gasteiger partial charge in [-0.1, -0.05) is 44.2 Å². The first-order valence-corrected chi connectivity index (χ1v) is 5.45. The van der Waals surface area contributed by atoms with Gasteiger partial charge in [-0.25, -0.2) is 0 Å². The summed E-state index contributed by atoms with van der Waals surface area (Å²) in [5.41, 5.74) is 2.24. The number of hydrogen-bond donors (Lipinski definition) is 0. The van der Waals surface area contributed by atoms with Crippen molar-refractivity contribution in [2.45, 2.75) is 24.7 Å². The molecule has 1 aromatic rings. The van der Waals surface area contributed by atoms with E-state index in [9.17, 15) is 0 Å². The van der Waals surface area contributed by atoms with Gasteiger partial charge in [0.25, 0.3) is 0 Å². The fraction of sp³-hybridized carbons (Fsp3) is 0.231. The van der Waals surface area contributed by atoms with E-state index in [1.807, 2.05) is 0 Å². The average molecular weight is 202 g/mol. The fourth-order valence-electron chi connectivity index (χ4n) is 1.21. The second-order valence-corrected chi connectivity index (χ2v) is 4.35. The molecule has 0 aliphatic carbocycles. The summed E-state index contributed by atoms with van der Waals surface area (Å²) in [6.07, 6.45) is 5.45. The number of thioether (sulfide) groups is 1. The maximum atomic E-state index is 5.45. The second-order valence-electron chi connectivity index (χ2n) is 3.34. The minimum Gasteiger partial charge on any atom is -0.115 e. The molecule has 0 aliphatic rings. The van der Waals surface area contributed by atoms with Crippen LogP contribution in [-0.4, -0.2) is 0 Å². The van der Waals surface area contributed by atoms with Crippen molar-refractivity contribution in [1.82, 2.24) is 0 Å². The quantitative estimate of drug-likeness (QED) is 0.527. The van der Waals surface area contributed by atoms with Crippen molar-refractivity contribution in [3.8, 4) is 12.3 Å². The van der Waals surface area contributed by atoms with Crippen molar-refractivity contribution in [3.63, 3.8) is 0 Å². The molecule has 14 heavy (non-hydrogen) atoms. The molecular formula is C13H14S. The topological polar surface area (TPSA) is 0 Å². The first-order valence-electron chi connectivity index (χ1n) is 4.57. The zero-order valence-electron chi connectivity index (χ0n) is 8.58. The molecule has 1 aromatic carbocycles. The molecule has 0 saturated carbocycles. The summed E-state index contributed by atoms with van der Waals surface area (Å²) >= 11 is 1.57. The van der Waals surface area contributed by atoms with Gasteiger partial charge in [-0.3, -0.25) is 0 Å². The zero-order valence-corrected chi connectivity index (χ0v) is 9.40. The van der Waals surface area contributed by atoms with Crippen LogP contribution >= 0.6 is 11.8 Å². The van der Waals surface area contributed by atoms with Gasteiger partial charge in [-0.2, -0.15) is 0 Å². The van der Waals surface area contributed by atoms with Gasteiger partial charge in [0.1, 0.15) is 0 Å². The molecule has 0 spiro atoms. The monoisotopic (exact) mass is 202 g/mol. The molecule has 0 unspecified atom stereocenters.